The fourth-order valence-corrected chi connectivity index (χ4v) is 4.21. The number of amides is 3. The SMILES string of the molecule is CC(C)[C@@H](C)NC(=O)C(C)(C)COc1cc2cc([C@@H](C)OC(=O)[C@H]3CCCN(C(=O)[C@H](C)NC=O)N3)ccc2cn1. The fraction of sp³-hybridized carbons (Fsp3) is 0.567. The predicted molar refractivity (Wildman–Crippen MR) is 155 cm³/mol. The van der Waals surface area contributed by atoms with E-state index in [-0.39, 0.29) is 24.5 Å². The third-order valence-electron chi connectivity index (χ3n) is 7.46. The molecule has 0 bridgehead atoms. The second-order valence-corrected chi connectivity index (χ2v) is 11.7. The molecule has 11 heteroatoms. The van der Waals surface area contributed by atoms with Gasteiger partial charge in [-0.05, 0) is 70.4 Å². The van der Waals surface area contributed by atoms with E-state index >= 15 is 0 Å². The average Bonchev–Trinajstić information content (AvgIpc) is 2.95. The van der Waals surface area contributed by atoms with Gasteiger partial charge in [0, 0.05) is 30.2 Å². The Morgan fingerprint density at radius 2 is 1.88 bits per heavy atom. The maximum atomic E-state index is 12.9. The number of hydrazine groups is 1. The first kappa shape index (κ1) is 31.8. The molecule has 224 valence electrons. The second-order valence-electron chi connectivity index (χ2n) is 11.7. The molecule has 3 N–H and O–H groups in total. The van der Waals surface area contributed by atoms with Crippen LogP contribution in [0.2, 0.25) is 0 Å². The van der Waals surface area contributed by atoms with Gasteiger partial charge in [-0.2, -0.15) is 0 Å². The maximum Gasteiger partial charge on any atom is 0.325 e. The van der Waals surface area contributed by atoms with Crippen LogP contribution < -0.4 is 20.8 Å². The van der Waals surface area contributed by atoms with Crippen molar-refractivity contribution in [3.05, 3.63) is 36.0 Å². The Labute approximate surface area is 241 Å². The Hall–Kier alpha value is -3.73. The average molecular weight is 570 g/mol. The number of carbonyl (C=O) groups is 4. The minimum atomic E-state index is -0.749. The zero-order valence-electron chi connectivity index (χ0n) is 25.0. The van der Waals surface area contributed by atoms with Crippen molar-refractivity contribution in [3.63, 3.8) is 0 Å². The molecule has 1 fully saturated rings. The molecular weight excluding hydrogens is 526 g/mol. The van der Waals surface area contributed by atoms with Crippen molar-refractivity contribution in [2.45, 2.75) is 85.5 Å². The molecular formula is C30H43N5O6. The minimum absolute atomic E-state index is 0.0554. The van der Waals surface area contributed by atoms with Gasteiger partial charge in [-0.3, -0.25) is 24.2 Å². The lowest BCUT2D eigenvalue weighted by Crippen LogP contribution is -2.59. The van der Waals surface area contributed by atoms with E-state index in [9.17, 15) is 19.2 Å². The number of esters is 1. The molecule has 1 aliphatic rings. The first-order valence-electron chi connectivity index (χ1n) is 14.1. The van der Waals surface area contributed by atoms with E-state index in [1.54, 1.807) is 26.1 Å². The Balaban J connectivity index is 1.63. The number of pyridine rings is 1. The smallest absolute Gasteiger partial charge is 0.325 e. The monoisotopic (exact) mass is 569 g/mol. The summed E-state index contributed by atoms with van der Waals surface area (Å²) >= 11 is 0. The normalized spacial score (nSPS) is 17.9. The molecule has 3 amide bonds. The number of nitrogens with zero attached hydrogens (tertiary/aromatic N) is 2. The van der Waals surface area contributed by atoms with E-state index in [2.05, 4.69) is 34.9 Å². The summed E-state index contributed by atoms with van der Waals surface area (Å²) < 4.78 is 11.7. The molecule has 1 aromatic heterocycles. The van der Waals surface area contributed by atoms with E-state index in [0.29, 0.717) is 37.6 Å². The Bertz CT molecular complexity index is 1250. The predicted octanol–water partition coefficient (Wildman–Crippen LogP) is 3.03. The quantitative estimate of drug-likeness (QED) is 0.262. The molecule has 4 atom stereocenters. The summed E-state index contributed by atoms with van der Waals surface area (Å²) in [6.45, 7) is 13.7. The largest absolute Gasteiger partial charge is 0.477 e. The van der Waals surface area contributed by atoms with E-state index in [1.165, 1.54) is 5.01 Å². The number of ether oxygens (including phenoxy) is 2. The topological polar surface area (TPSA) is 139 Å². The molecule has 1 aromatic carbocycles. The molecule has 0 saturated carbocycles. The Kier molecular flexibility index (Phi) is 10.7. The van der Waals surface area contributed by atoms with E-state index < -0.39 is 29.6 Å². The highest BCUT2D eigenvalue weighted by molar-refractivity contribution is 5.85. The first-order valence-corrected chi connectivity index (χ1v) is 14.1. The van der Waals surface area contributed by atoms with Crippen molar-refractivity contribution >= 4 is 35.0 Å². The van der Waals surface area contributed by atoms with Gasteiger partial charge < -0.3 is 20.1 Å². The van der Waals surface area contributed by atoms with Crippen molar-refractivity contribution in [3.8, 4) is 5.88 Å². The van der Waals surface area contributed by atoms with Gasteiger partial charge in [0.25, 0.3) is 5.91 Å². The van der Waals surface area contributed by atoms with Crippen molar-refractivity contribution < 1.29 is 28.7 Å². The summed E-state index contributed by atoms with van der Waals surface area (Å²) in [5, 5.41) is 8.58. The molecule has 11 nitrogen and oxygen atoms in total. The van der Waals surface area contributed by atoms with Gasteiger partial charge >= 0.3 is 5.97 Å². The van der Waals surface area contributed by atoms with Crippen LogP contribution in [-0.4, -0.2) is 65.5 Å². The Morgan fingerprint density at radius 3 is 2.56 bits per heavy atom. The van der Waals surface area contributed by atoms with Crippen molar-refractivity contribution in [2.24, 2.45) is 11.3 Å². The number of benzene rings is 1. The van der Waals surface area contributed by atoms with Crippen LogP contribution in [0.3, 0.4) is 0 Å². The third-order valence-corrected chi connectivity index (χ3v) is 7.46. The van der Waals surface area contributed by atoms with Gasteiger partial charge in [0.2, 0.25) is 18.2 Å². The fourth-order valence-electron chi connectivity index (χ4n) is 4.21. The van der Waals surface area contributed by atoms with Crippen molar-refractivity contribution in [1.29, 1.82) is 0 Å². The molecule has 0 radical (unpaired) electrons. The summed E-state index contributed by atoms with van der Waals surface area (Å²) in [6, 6.07) is 6.18. The molecule has 0 spiro atoms. The lowest BCUT2D eigenvalue weighted by atomic mass is 9.92. The minimum Gasteiger partial charge on any atom is -0.477 e. The summed E-state index contributed by atoms with van der Waals surface area (Å²) in [5.41, 5.74) is 2.98. The van der Waals surface area contributed by atoms with Crippen LogP contribution in [0.4, 0.5) is 0 Å². The second kappa shape index (κ2) is 13.8. The van der Waals surface area contributed by atoms with Crippen LogP contribution in [0, 0.1) is 11.3 Å². The number of aromatic nitrogens is 1. The van der Waals surface area contributed by atoms with Crippen molar-refractivity contribution in [2.75, 3.05) is 13.2 Å². The van der Waals surface area contributed by atoms with Crippen LogP contribution >= 0.6 is 0 Å². The lowest BCUT2D eigenvalue weighted by molar-refractivity contribution is -0.156. The number of nitrogens with one attached hydrogen (secondary N) is 3. The summed E-state index contributed by atoms with van der Waals surface area (Å²) in [6.07, 6.45) is 2.79. The highest BCUT2D eigenvalue weighted by atomic mass is 16.5. The van der Waals surface area contributed by atoms with Gasteiger partial charge in [-0.1, -0.05) is 26.0 Å². The molecule has 2 aromatic rings. The lowest BCUT2D eigenvalue weighted by Gasteiger charge is -2.34. The van der Waals surface area contributed by atoms with Crippen LogP contribution in [-0.2, 0) is 23.9 Å². The first-order chi connectivity index (χ1) is 19.3. The zero-order valence-corrected chi connectivity index (χ0v) is 25.0. The maximum absolute atomic E-state index is 12.9. The number of hydrogen-bond donors (Lipinski definition) is 3. The molecule has 0 unspecified atom stereocenters. The number of fused-ring (bicyclic) bond motifs is 1. The Morgan fingerprint density at radius 1 is 1.15 bits per heavy atom. The van der Waals surface area contributed by atoms with Gasteiger partial charge in [-0.25, -0.2) is 10.4 Å². The highest BCUT2D eigenvalue weighted by Crippen LogP contribution is 2.26. The molecule has 3 rings (SSSR count). The van der Waals surface area contributed by atoms with E-state index in [0.717, 1.165) is 16.3 Å². The number of hydrogen-bond acceptors (Lipinski definition) is 8. The molecule has 1 saturated heterocycles. The standard InChI is InChI=1S/C30H43N5O6/c1-18(2)19(3)33-29(39)30(6,7)16-40-26-14-24-13-22(10-11-23(24)15-31-26)21(5)41-28(38)25-9-8-12-35(34-25)27(37)20(4)32-17-36/h10-11,13-15,17-21,25,34H,8-9,12,16H2,1-7H3,(H,32,36)(H,33,39)/t19-,20+,21-,25-/m1/s1. The molecule has 0 aliphatic carbocycles. The van der Waals surface area contributed by atoms with Gasteiger partial charge in [0.1, 0.15) is 24.8 Å². The summed E-state index contributed by atoms with van der Waals surface area (Å²) in [4.78, 5) is 53.3. The van der Waals surface area contributed by atoms with Gasteiger partial charge in [0.05, 0.1) is 5.41 Å². The van der Waals surface area contributed by atoms with E-state index in [4.69, 9.17) is 9.47 Å². The van der Waals surface area contributed by atoms with Crippen LogP contribution in [0.15, 0.2) is 30.5 Å². The van der Waals surface area contributed by atoms with Crippen molar-refractivity contribution in [1.82, 2.24) is 26.1 Å². The third kappa shape index (κ3) is 8.39. The zero-order chi connectivity index (χ0) is 30.3. The van der Waals surface area contributed by atoms with E-state index in [1.807, 2.05) is 39.0 Å². The summed E-state index contributed by atoms with van der Waals surface area (Å²) in [5.74, 6) is -0.141. The number of rotatable bonds is 12. The summed E-state index contributed by atoms with van der Waals surface area (Å²) in [7, 11) is 0. The molecule has 2 heterocycles. The van der Waals surface area contributed by atoms with Gasteiger partial charge in [-0.15, -0.1) is 0 Å². The molecule has 1 aliphatic heterocycles. The van der Waals surface area contributed by atoms with Crippen LogP contribution in [0.25, 0.3) is 10.8 Å². The van der Waals surface area contributed by atoms with Gasteiger partial charge in [0.15, 0.2) is 0 Å². The molecule has 41 heavy (non-hydrogen) atoms. The highest BCUT2D eigenvalue weighted by Gasteiger charge is 2.32. The number of carbonyl (C=O) groups excluding carboxylic acids is 4. The van der Waals surface area contributed by atoms with Crippen LogP contribution in [0.5, 0.6) is 5.88 Å². The van der Waals surface area contributed by atoms with Crippen LogP contribution in [0.1, 0.15) is 73.0 Å².